The maximum Gasteiger partial charge on any atom is 0.530 e. The Kier molecular flexibility index (Phi) is 52.2. The van der Waals surface area contributed by atoms with Crippen molar-refractivity contribution in [2.24, 2.45) is 0 Å². The first-order valence-electron chi connectivity index (χ1n) is 49.5. The van der Waals surface area contributed by atoms with Gasteiger partial charge in [-0.25, -0.2) is 0 Å². The van der Waals surface area contributed by atoms with E-state index in [9.17, 15) is 0 Å². The van der Waals surface area contributed by atoms with Gasteiger partial charge in [0.25, 0.3) is 0 Å². The molecule has 9 nitrogen and oxygen atoms in total. The quantitative estimate of drug-likeness (QED) is 0.0274. The smallest absolute Gasteiger partial charge is 0.426 e. The number of hydrogen-bond acceptors (Lipinski definition) is 9. The van der Waals surface area contributed by atoms with Gasteiger partial charge in [-0.05, 0) is 212 Å². The SMILES string of the molecule is CCCCCCCCCCOP(OCCCCCCCCCC)Oc1cc(C)c(C(CC(C)c2cc(C(C)(C)C)c(OP(Oc3cccc(CCCCCCCC)c3)Oc3cccc(CCCCCCCC)c3)cc2C)c2cc(C(C)(C)C)c(OP(OCCCCCCCCCC)Oc3cccc(CCCCCCCC)c3)cc2C)cc1C(C)(C)C. The van der Waals surface area contributed by atoms with E-state index in [1.807, 2.05) is 0 Å². The van der Waals surface area contributed by atoms with Crippen LogP contribution in [0, 0.1) is 20.8 Å². The van der Waals surface area contributed by atoms with E-state index >= 15 is 0 Å². The van der Waals surface area contributed by atoms with Crippen LogP contribution in [0.3, 0.4) is 0 Å². The first-order valence-corrected chi connectivity index (χ1v) is 52.8. The normalized spacial score (nSPS) is 12.9. The van der Waals surface area contributed by atoms with Crippen LogP contribution < -0.4 is 27.1 Å². The summed E-state index contributed by atoms with van der Waals surface area (Å²) >= 11 is 0. The highest BCUT2D eigenvalue weighted by Crippen LogP contribution is 2.53. The minimum Gasteiger partial charge on any atom is -0.426 e. The van der Waals surface area contributed by atoms with Crippen molar-refractivity contribution < 1.29 is 40.7 Å². The van der Waals surface area contributed by atoms with Crippen LogP contribution in [0.15, 0.2) is 109 Å². The van der Waals surface area contributed by atoms with Gasteiger partial charge in [0.15, 0.2) is 0 Å². The number of rotatable bonds is 68. The molecule has 0 spiro atoms. The van der Waals surface area contributed by atoms with Gasteiger partial charge in [-0.1, -0.05) is 397 Å². The van der Waals surface area contributed by atoms with Gasteiger partial charge in [-0.15, -0.1) is 0 Å². The summed E-state index contributed by atoms with van der Waals surface area (Å²) in [6.07, 6.45) is 56.1. The van der Waals surface area contributed by atoms with E-state index in [0.717, 1.165) is 134 Å². The molecule has 0 aliphatic rings. The van der Waals surface area contributed by atoms with E-state index in [-0.39, 0.29) is 28.1 Å². The van der Waals surface area contributed by atoms with Gasteiger partial charge in [0.2, 0.25) is 0 Å². The van der Waals surface area contributed by atoms with Crippen LogP contribution in [0.4, 0.5) is 0 Å². The van der Waals surface area contributed by atoms with Gasteiger partial charge in [0, 0.05) is 22.6 Å². The lowest BCUT2D eigenvalue weighted by Crippen LogP contribution is -2.19. The van der Waals surface area contributed by atoms with Crippen molar-refractivity contribution in [1.82, 2.24) is 0 Å². The monoisotopic (exact) mass is 1720 g/mol. The van der Waals surface area contributed by atoms with E-state index in [0.29, 0.717) is 19.8 Å². The molecule has 3 unspecified atom stereocenters. The van der Waals surface area contributed by atoms with Crippen molar-refractivity contribution in [2.75, 3.05) is 19.8 Å². The van der Waals surface area contributed by atoms with E-state index < -0.39 is 25.8 Å². The van der Waals surface area contributed by atoms with Crippen LogP contribution in [0.5, 0.6) is 34.5 Å². The maximum atomic E-state index is 7.35. The van der Waals surface area contributed by atoms with Gasteiger partial charge in [-0.2, -0.15) is 0 Å². The zero-order valence-electron chi connectivity index (χ0n) is 80.7. The van der Waals surface area contributed by atoms with Crippen molar-refractivity contribution in [3.05, 3.63) is 176 Å². The average Bonchev–Trinajstić information content (AvgIpc) is 0.760. The van der Waals surface area contributed by atoms with Gasteiger partial charge in [0.1, 0.15) is 34.5 Å². The average molecular weight is 1720 g/mol. The molecule has 0 aromatic heterocycles. The lowest BCUT2D eigenvalue weighted by molar-refractivity contribution is 0.197. The minimum atomic E-state index is -1.98. The fraction of sp³-hybridized carbons (Fsp3) is 0.670. The third-order valence-corrected chi connectivity index (χ3v) is 27.5. The van der Waals surface area contributed by atoms with Crippen molar-refractivity contribution >= 4 is 25.8 Å². The molecule has 121 heavy (non-hydrogen) atoms. The maximum absolute atomic E-state index is 7.35. The molecule has 0 saturated carbocycles. The van der Waals surface area contributed by atoms with E-state index in [1.165, 1.54) is 263 Å². The first-order chi connectivity index (χ1) is 58.4. The number of unbranched alkanes of at least 4 members (excludes halogenated alkanes) is 36. The topological polar surface area (TPSA) is 83.1 Å². The van der Waals surface area contributed by atoms with Crippen molar-refractivity contribution in [1.29, 1.82) is 0 Å². The minimum absolute atomic E-state index is 0.0691. The Balaban J connectivity index is 1.47. The molecule has 0 aliphatic heterocycles. The second kappa shape index (κ2) is 60.1. The predicted molar refractivity (Wildman–Crippen MR) is 525 cm³/mol. The molecule has 0 heterocycles. The molecule has 3 atom stereocenters. The molecule has 0 amide bonds. The van der Waals surface area contributed by atoms with Crippen LogP contribution >= 0.6 is 25.8 Å². The third kappa shape index (κ3) is 41.7. The molecular formula is C109H175O9P3. The molecule has 12 heteroatoms. The van der Waals surface area contributed by atoms with Crippen molar-refractivity contribution in [2.45, 2.75) is 455 Å². The van der Waals surface area contributed by atoms with Crippen LogP contribution in [0.2, 0.25) is 0 Å². The van der Waals surface area contributed by atoms with E-state index in [2.05, 4.69) is 241 Å². The van der Waals surface area contributed by atoms with Crippen LogP contribution in [-0.4, -0.2) is 19.8 Å². The van der Waals surface area contributed by atoms with Crippen LogP contribution in [0.25, 0.3) is 0 Å². The summed E-state index contributed by atoms with van der Waals surface area (Å²) in [5, 5.41) is 0. The Hall–Kier alpha value is -4.71. The lowest BCUT2D eigenvalue weighted by atomic mass is 9.74. The number of benzene rings is 6. The van der Waals surface area contributed by atoms with Gasteiger partial charge < -0.3 is 36.2 Å². The second-order valence-corrected chi connectivity index (χ2v) is 41.9. The Morgan fingerprint density at radius 1 is 0.264 bits per heavy atom. The Bertz CT molecular complexity index is 3630. The molecule has 6 aromatic rings. The Morgan fingerprint density at radius 3 is 0.818 bits per heavy atom. The molecule has 0 aliphatic carbocycles. The summed E-state index contributed by atoms with van der Waals surface area (Å²) in [6.45, 7) is 45.8. The first kappa shape index (κ1) is 105. The highest BCUT2D eigenvalue weighted by Gasteiger charge is 2.35. The predicted octanol–water partition coefficient (Wildman–Crippen LogP) is 37.1. The van der Waals surface area contributed by atoms with Crippen LogP contribution in [0.1, 0.15) is 465 Å². The largest absolute Gasteiger partial charge is 0.530 e. The molecule has 680 valence electrons. The summed E-state index contributed by atoms with van der Waals surface area (Å²) in [4.78, 5) is 0. The fourth-order valence-corrected chi connectivity index (χ4v) is 19.8. The second-order valence-electron chi connectivity index (χ2n) is 38.7. The standard InChI is InChI=1S/C109H175O9P3/c1-20-26-32-38-44-47-53-59-74-110-119(111-75-60-54-48-45-39-33-27-21-2)116-104-79-89(9)98(85-102(104)108(14,15)16)100(99-86-103(109(17,18)19)105(80-90(99)10)117-120(112-76-61-55-49-46-40-34-28-22-3)113-94-71-62-68-91(81-94)65-56-50-41-35-29-23-4)77-87(7)97-84-101(107(11,12)13)106(78-88(97)8)118-121(114-95-72-63-69-92(82-95)66-57-51-42-36-30-24-5)115-96-73-64-70-93(83-96)67-58-52-43-37-31-25-6/h62-64,68-73,78-87,100H,20-61,65-67,74-77H2,1-19H3. The third-order valence-electron chi connectivity index (χ3n) is 24.2. The summed E-state index contributed by atoms with van der Waals surface area (Å²) in [5.41, 5.74) is 13.6. The molecule has 0 saturated heterocycles. The zero-order chi connectivity index (χ0) is 87.5. The molecule has 6 aromatic carbocycles. The highest BCUT2D eigenvalue weighted by atomic mass is 31.2. The molecular weight excluding hydrogens is 1550 g/mol. The van der Waals surface area contributed by atoms with Gasteiger partial charge in [-0.3, -0.25) is 4.52 Å². The lowest BCUT2D eigenvalue weighted by Gasteiger charge is -2.33. The summed E-state index contributed by atoms with van der Waals surface area (Å²) in [6, 6.07) is 40.3. The van der Waals surface area contributed by atoms with Crippen molar-refractivity contribution in [3.8, 4) is 34.5 Å². The van der Waals surface area contributed by atoms with Gasteiger partial charge in [0.05, 0.1) is 19.8 Å². The Morgan fingerprint density at radius 2 is 0.512 bits per heavy atom. The Labute approximate surface area is 747 Å². The molecule has 0 radical (unpaired) electrons. The number of hydrogen-bond donors (Lipinski definition) is 0. The molecule has 6 rings (SSSR count). The summed E-state index contributed by atoms with van der Waals surface area (Å²) in [7, 11) is -5.51. The molecule has 0 fully saturated rings. The van der Waals surface area contributed by atoms with E-state index in [1.54, 1.807) is 0 Å². The van der Waals surface area contributed by atoms with Crippen LogP contribution in [-0.2, 0) is 49.1 Å². The summed E-state index contributed by atoms with van der Waals surface area (Å²) < 4.78 is 63.5. The number of aryl methyl sites for hydroxylation is 6. The summed E-state index contributed by atoms with van der Waals surface area (Å²) in [5.74, 6) is 4.77. The zero-order valence-corrected chi connectivity index (χ0v) is 83.4. The van der Waals surface area contributed by atoms with Gasteiger partial charge >= 0.3 is 25.8 Å². The van der Waals surface area contributed by atoms with E-state index in [4.69, 9.17) is 40.7 Å². The highest BCUT2D eigenvalue weighted by molar-refractivity contribution is 7.43. The molecule has 0 bridgehead atoms. The van der Waals surface area contributed by atoms with Crippen molar-refractivity contribution in [3.63, 3.8) is 0 Å². The fourth-order valence-electron chi connectivity index (χ4n) is 16.7. The molecule has 0 N–H and O–H groups in total.